The fraction of sp³-hybridized carbons (Fsp3) is 0.700. The molecule has 1 N–H and O–H groups in total. The highest BCUT2D eigenvalue weighted by Gasteiger charge is 2.16. The van der Waals surface area contributed by atoms with Gasteiger partial charge in [0.15, 0.2) is 0 Å². The third kappa shape index (κ3) is 4.08. The highest BCUT2D eigenvalue weighted by Crippen LogP contribution is 2.16. The summed E-state index contributed by atoms with van der Waals surface area (Å²) in [5.74, 6) is 0.522. The molecule has 1 aliphatic heterocycles. The van der Waals surface area contributed by atoms with Crippen molar-refractivity contribution in [3.05, 3.63) is 12.7 Å². The third-order valence-electron chi connectivity index (χ3n) is 2.17. The molecule has 0 spiro atoms. The fourth-order valence-electron chi connectivity index (χ4n) is 1.49. The summed E-state index contributed by atoms with van der Waals surface area (Å²) in [5, 5.41) is 2.77. The topological polar surface area (TPSA) is 38.3 Å². The number of nitrogens with one attached hydrogen (secondary N) is 1. The Kier molecular flexibility index (Phi) is 4.54. The van der Waals surface area contributed by atoms with Gasteiger partial charge in [-0.25, -0.2) is 0 Å². The van der Waals surface area contributed by atoms with Gasteiger partial charge in [0.25, 0.3) is 0 Å². The lowest BCUT2D eigenvalue weighted by molar-refractivity contribution is -0.122. The van der Waals surface area contributed by atoms with Crippen LogP contribution in [-0.4, -0.2) is 25.7 Å². The minimum Gasteiger partial charge on any atom is -0.381 e. The van der Waals surface area contributed by atoms with Gasteiger partial charge in [-0.2, -0.15) is 0 Å². The molecule has 0 bridgehead atoms. The zero-order valence-electron chi connectivity index (χ0n) is 7.92. The number of ether oxygens (including phenoxy) is 1. The van der Waals surface area contributed by atoms with E-state index in [2.05, 4.69) is 11.9 Å². The molecule has 0 aromatic carbocycles. The molecule has 3 heteroatoms. The van der Waals surface area contributed by atoms with Gasteiger partial charge in [0, 0.05) is 26.2 Å². The lowest BCUT2D eigenvalue weighted by Gasteiger charge is -2.21. The van der Waals surface area contributed by atoms with E-state index in [0.29, 0.717) is 18.9 Å². The molecule has 1 aliphatic rings. The lowest BCUT2D eigenvalue weighted by Crippen LogP contribution is -2.28. The number of rotatable bonds is 4. The Morgan fingerprint density at radius 1 is 1.69 bits per heavy atom. The maximum absolute atomic E-state index is 11.3. The van der Waals surface area contributed by atoms with Gasteiger partial charge in [-0.1, -0.05) is 6.08 Å². The van der Waals surface area contributed by atoms with Gasteiger partial charge in [-0.15, -0.1) is 6.58 Å². The molecule has 1 amide bonds. The van der Waals surface area contributed by atoms with Crippen LogP contribution in [0.4, 0.5) is 0 Å². The molecule has 1 atom stereocenters. The van der Waals surface area contributed by atoms with Crippen molar-refractivity contribution in [3.8, 4) is 0 Å². The van der Waals surface area contributed by atoms with Gasteiger partial charge < -0.3 is 10.1 Å². The fourth-order valence-corrected chi connectivity index (χ4v) is 1.49. The zero-order valence-corrected chi connectivity index (χ0v) is 7.92. The second-order valence-corrected chi connectivity index (χ2v) is 3.38. The monoisotopic (exact) mass is 183 g/mol. The second-order valence-electron chi connectivity index (χ2n) is 3.38. The van der Waals surface area contributed by atoms with Gasteiger partial charge in [-0.05, 0) is 18.8 Å². The Morgan fingerprint density at radius 3 is 3.15 bits per heavy atom. The summed E-state index contributed by atoms with van der Waals surface area (Å²) in [6.07, 6.45) is 4.48. The van der Waals surface area contributed by atoms with E-state index in [4.69, 9.17) is 4.74 Å². The van der Waals surface area contributed by atoms with Crippen molar-refractivity contribution in [2.45, 2.75) is 19.3 Å². The summed E-state index contributed by atoms with van der Waals surface area (Å²) < 4.78 is 5.29. The van der Waals surface area contributed by atoms with Crippen LogP contribution in [0.15, 0.2) is 12.7 Å². The Bertz CT molecular complexity index is 174. The molecular weight excluding hydrogens is 166 g/mol. The molecule has 1 heterocycles. The first-order valence-electron chi connectivity index (χ1n) is 4.78. The predicted molar refractivity (Wildman–Crippen MR) is 51.4 cm³/mol. The predicted octanol–water partition coefficient (Wildman–Crippen LogP) is 1.11. The molecule has 0 aromatic rings. The maximum Gasteiger partial charge on any atom is 0.220 e. The summed E-state index contributed by atoms with van der Waals surface area (Å²) in [6, 6.07) is 0. The SMILES string of the molecule is C=CCNC(=O)CC1CCCOC1. The first kappa shape index (κ1) is 10.3. The van der Waals surface area contributed by atoms with Crippen molar-refractivity contribution >= 4 is 5.91 Å². The van der Waals surface area contributed by atoms with Crippen LogP contribution in [0.5, 0.6) is 0 Å². The van der Waals surface area contributed by atoms with E-state index >= 15 is 0 Å². The van der Waals surface area contributed by atoms with E-state index in [1.165, 1.54) is 0 Å². The van der Waals surface area contributed by atoms with Gasteiger partial charge in [0.05, 0.1) is 0 Å². The quantitative estimate of drug-likeness (QED) is 0.663. The first-order chi connectivity index (χ1) is 6.33. The smallest absolute Gasteiger partial charge is 0.220 e. The van der Waals surface area contributed by atoms with Crippen LogP contribution in [0.3, 0.4) is 0 Å². The molecular formula is C10H17NO2. The standard InChI is InChI=1S/C10H17NO2/c1-2-5-11-10(12)7-9-4-3-6-13-8-9/h2,9H,1,3-8H2,(H,11,12). The van der Waals surface area contributed by atoms with Crippen molar-refractivity contribution in [2.75, 3.05) is 19.8 Å². The highest BCUT2D eigenvalue weighted by molar-refractivity contribution is 5.76. The van der Waals surface area contributed by atoms with Crippen molar-refractivity contribution in [3.63, 3.8) is 0 Å². The van der Waals surface area contributed by atoms with Crippen molar-refractivity contribution in [1.29, 1.82) is 0 Å². The summed E-state index contributed by atoms with van der Waals surface area (Å²) in [4.78, 5) is 11.3. The van der Waals surface area contributed by atoms with E-state index < -0.39 is 0 Å². The van der Waals surface area contributed by atoms with Crippen molar-refractivity contribution in [1.82, 2.24) is 5.32 Å². The van der Waals surface area contributed by atoms with E-state index in [9.17, 15) is 4.79 Å². The molecule has 1 rings (SSSR count). The minimum absolute atomic E-state index is 0.107. The number of carbonyl (C=O) groups is 1. The van der Waals surface area contributed by atoms with E-state index in [1.807, 2.05) is 0 Å². The average molecular weight is 183 g/mol. The van der Waals surface area contributed by atoms with Gasteiger partial charge in [0.2, 0.25) is 5.91 Å². The molecule has 1 unspecified atom stereocenters. The highest BCUT2D eigenvalue weighted by atomic mass is 16.5. The summed E-state index contributed by atoms with van der Waals surface area (Å²) in [5.41, 5.74) is 0. The van der Waals surface area contributed by atoms with Crippen LogP contribution in [0, 0.1) is 5.92 Å². The Hall–Kier alpha value is -0.830. The zero-order chi connectivity index (χ0) is 9.52. The van der Waals surface area contributed by atoms with Crippen LogP contribution < -0.4 is 5.32 Å². The Morgan fingerprint density at radius 2 is 2.54 bits per heavy atom. The third-order valence-corrected chi connectivity index (χ3v) is 2.17. The second kappa shape index (κ2) is 5.75. The average Bonchev–Trinajstić information content (AvgIpc) is 2.16. The minimum atomic E-state index is 0.107. The maximum atomic E-state index is 11.3. The number of hydrogen-bond donors (Lipinski definition) is 1. The first-order valence-corrected chi connectivity index (χ1v) is 4.78. The Balaban J connectivity index is 2.14. The summed E-state index contributed by atoms with van der Waals surface area (Å²) >= 11 is 0. The van der Waals surface area contributed by atoms with E-state index in [-0.39, 0.29) is 5.91 Å². The molecule has 0 saturated carbocycles. The van der Waals surface area contributed by atoms with Crippen LogP contribution in [0.1, 0.15) is 19.3 Å². The number of amides is 1. The van der Waals surface area contributed by atoms with E-state index in [0.717, 1.165) is 26.1 Å². The van der Waals surface area contributed by atoms with Crippen LogP contribution in [0.25, 0.3) is 0 Å². The molecule has 0 aromatic heterocycles. The summed E-state index contributed by atoms with van der Waals surface area (Å²) in [6.45, 7) is 5.69. The largest absolute Gasteiger partial charge is 0.381 e. The molecule has 74 valence electrons. The lowest BCUT2D eigenvalue weighted by atomic mass is 9.98. The van der Waals surface area contributed by atoms with Crippen LogP contribution in [-0.2, 0) is 9.53 Å². The molecule has 1 fully saturated rings. The normalized spacial score (nSPS) is 22.3. The Labute approximate surface area is 79.2 Å². The van der Waals surface area contributed by atoms with Gasteiger partial charge in [0.1, 0.15) is 0 Å². The van der Waals surface area contributed by atoms with Crippen LogP contribution in [0.2, 0.25) is 0 Å². The van der Waals surface area contributed by atoms with Gasteiger partial charge >= 0.3 is 0 Å². The molecule has 1 saturated heterocycles. The van der Waals surface area contributed by atoms with E-state index in [1.54, 1.807) is 6.08 Å². The summed E-state index contributed by atoms with van der Waals surface area (Å²) in [7, 11) is 0. The van der Waals surface area contributed by atoms with Crippen molar-refractivity contribution in [2.24, 2.45) is 5.92 Å². The van der Waals surface area contributed by atoms with Crippen LogP contribution >= 0.6 is 0 Å². The molecule has 13 heavy (non-hydrogen) atoms. The molecule has 0 radical (unpaired) electrons. The molecule has 0 aliphatic carbocycles. The van der Waals surface area contributed by atoms with Crippen molar-refractivity contribution < 1.29 is 9.53 Å². The van der Waals surface area contributed by atoms with Gasteiger partial charge in [-0.3, -0.25) is 4.79 Å². The molecule has 3 nitrogen and oxygen atoms in total. The number of carbonyl (C=O) groups excluding carboxylic acids is 1. The number of hydrogen-bond acceptors (Lipinski definition) is 2.